The van der Waals surface area contributed by atoms with Gasteiger partial charge in [0, 0.05) is 42.2 Å². The van der Waals surface area contributed by atoms with Gasteiger partial charge in [-0.1, -0.05) is 31.4 Å². The van der Waals surface area contributed by atoms with E-state index in [1.54, 1.807) is 44.3 Å². The highest BCUT2D eigenvalue weighted by Crippen LogP contribution is 2.41. The van der Waals surface area contributed by atoms with Gasteiger partial charge in [-0.2, -0.15) is 13.2 Å². The molecule has 1 aromatic heterocycles. The number of sulfone groups is 1. The molecule has 0 saturated heterocycles. The van der Waals surface area contributed by atoms with Gasteiger partial charge in [0.05, 0.1) is 24.6 Å². The van der Waals surface area contributed by atoms with Crippen molar-refractivity contribution in [2.75, 3.05) is 31.8 Å². The van der Waals surface area contributed by atoms with Gasteiger partial charge in [0.25, 0.3) is 5.91 Å². The molecule has 1 saturated carbocycles. The van der Waals surface area contributed by atoms with Gasteiger partial charge in [-0.25, -0.2) is 8.42 Å². The number of benzene rings is 2. The highest BCUT2D eigenvalue weighted by molar-refractivity contribution is 7.89. The molecule has 3 aromatic rings. The lowest BCUT2D eigenvalue weighted by atomic mass is 9.81. The molecule has 0 bridgehead atoms. The Labute approximate surface area is 261 Å². The van der Waals surface area contributed by atoms with Crippen molar-refractivity contribution in [3.63, 3.8) is 0 Å². The van der Waals surface area contributed by atoms with Crippen molar-refractivity contribution >= 4 is 27.4 Å². The van der Waals surface area contributed by atoms with Crippen molar-refractivity contribution in [3.05, 3.63) is 77.0 Å². The number of amides is 1. The Hall–Kier alpha value is -3.80. The standard InChI is InChI=1S/C33H39F3N2O6S/c1-4-43-30(39)18-19-38(2)32(40)24-12-16-26(17-13-24)37-31(23-8-6-5-7-9-23)27-20-28(44-29(27)21-45(3,41)42)22-10-14-25(15-11-22)33(34,35)36/h10-17,20,23,31,37H,4-9,18-19,21H2,1-3H3. The highest BCUT2D eigenvalue weighted by atomic mass is 32.2. The lowest BCUT2D eigenvalue weighted by Crippen LogP contribution is -2.29. The SMILES string of the molecule is CCOC(=O)CCN(C)C(=O)c1ccc(NC(c2cc(-c3ccc(C(F)(F)F)cc3)oc2CS(C)(=O)=O)C2CCCCC2)cc1. The van der Waals surface area contributed by atoms with Crippen LogP contribution in [0.1, 0.15) is 78.7 Å². The fourth-order valence-corrected chi connectivity index (χ4v) is 6.34. The number of hydrogen-bond acceptors (Lipinski definition) is 7. The molecule has 1 aliphatic carbocycles. The largest absolute Gasteiger partial charge is 0.466 e. The minimum Gasteiger partial charge on any atom is -0.466 e. The summed E-state index contributed by atoms with van der Waals surface area (Å²) in [6, 6.07) is 12.9. The summed E-state index contributed by atoms with van der Waals surface area (Å²) in [4.78, 5) is 26.1. The van der Waals surface area contributed by atoms with Gasteiger partial charge in [-0.3, -0.25) is 9.59 Å². The Morgan fingerprint density at radius 2 is 1.69 bits per heavy atom. The van der Waals surface area contributed by atoms with Crippen LogP contribution in [-0.4, -0.2) is 51.6 Å². The van der Waals surface area contributed by atoms with E-state index in [9.17, 15) is 31.2 Å². The van der Waals surface area contributed by atoms with Crippen molar-refractivity contribution in [1.82, 2.24) is 4.90 Å². The van der Waals surface area contributed by atoms with Gasteiger partial charge in [0.1, 0.15) is 17.3 Å². The molecule has 1 fully saturated rings. The minimum absolute atomic E-state index is 0.0910. The average molecular weight is 649 g/mol. The smallest absolute Gasteiger partial charge is 0.416 e. The Balaban J connectivity index is 1.63. The third-order valence-electron chi connectivity index (χ3n) is 7.95. The van der Waals surface area contributed by atoms with Crippen LogP contribution in [0.15, 0.2) is 59.0 Å². The number of hydrogen-bond donors (Lipinski definition) is 1. The summed E-state index contributed by atoms with van der Waals surface area (Å²) in [6.07, 6.45) is 1.65. The third-order valence-corrected chi connectivity index (χ3v) is 8.73. The first-order valence-electron chi connectivity index (χ1n) is 15.0. The molecule has 1 unspecified atom stereocenters. The number of furan rings is 1. The van der Waals surface area contributed by atoms with Gasteiger partial charge in [-0.05, 0) is 68.1 Å². The Bertz CT molecular complexity index is 1560. The van der Waals surface area contributed by atoms with Crippen LogP contribution in [-0.2, 0) is 31.3 Å². The Kier molecular flexibility index (Phi) is 11.0. The quantitative estimate of drug-likeness (QED) is 0.206. The monoisotopic (exact) mass is 648 g/mol. The molecule has 12 heteroatoms. The minimum atomic E-state index is -4.48. The van der Waals surface area contributed by atoms with Crippen LogP contribution in [0.2, 0.25) is 0 Å². The number of anilines is 1. The first-order chi connectivity index (χ1) is 21.2. The van der Waals surface area contributed by atoms with Crippen LogP contribution in [0, 0.1) is 5.92 Å². The van der Waals surface area contributed by atoms with Crippen molar-refractivity contribution in [2.45, 2.75) is 63.4 Å². The number of alkyl halides is 3. The zero-order valence-corrected chi connectivity index (χ0v) is 26.5. The van der Waals surface area contributed by atoms with E-state index < -0.39 is 21.6 Å². The second-order valence-electron chi connectivity index (χ2n) is 11.5. The van der Waals surface area contributed by atoms with E-state index in [4.69, 9.17) is 9.15 Å². The molecule has 45 heavy (non-hydrogen) atoms. The molecule has 244 valence electrons. The predicted octanol–water partition coefficient (Wildman–Crippen LogP) is 7.27. The van der Waals surface area contributed by atoms with Crippen LogP contribution in [0.4, 0.5) is 18.9 Å². The van der Waals surface area contributed by atoms with Crippen molar-refractivity contribution in [3.8, 4) is 11.3 Å². The number of nitrogens with zero attached hydrogens (tertiary/aromatic N) is 1. The molecule has 0 spiro atoms. The van der Waals surface area contributed by atoms with Gasteiger partial charge >= 0.3 is 12.1 Å². The topological polar surface area (TPSA) is 106 Å². The number of esters is 1. The Morgan fingerprint density at radius 3 is 2.27 bits per heavy atom. The van der Waals surface area contributed by atoms with E-state index in [0.717, 1.165) is 50.5 Å². The summed E-state index contributed by atoms with van der Waals surface area (Å²) in [5, 5.41) is 3.54. The van der Waals surface area contributed by atoms with Crippen LogP contribution in [0.5, 0.6) is 0 Å². The maximum Gasteiger partial charge on any atom is 0.416 e. The second kappa shape index (κ2) is 14.5. The summed E-state index contributed by atoms with van der Waals surface area (Å²) >= 11 is 0. The molecule has 1 aliphatic rings. The summed E-state index contributed by atoms with van der Waals surface area (Å²) in [6.45, 7) is 2.21. The van der Waals surface area contributed by atoms with E-state index in [1.165, 1.54) is 17.0 Å². The molecule has 1 amide bonds. The molecule has 0 aliphatic heterocycles. The van der Waals surface area contributed by atoms with E-state index in [1.807, 2.05) is 0 Å². The summed E-state index contributed by atoms with van der Waals surface area (Å²) in [5.74, 6) is -0.315. The molecule has 0 radical (unpaired) electrons. The molecular weight excluding hydrogens is 609 g/mol. The summed E-state index contributed by atoms with van der Waals surface area (Å²) < 4.78 is 75.3. The van der Waals surface area contributed by atoms with Gasteiger partial charge in [0.15, 0.2) is 9.84 Å². The normalized spacial score (nSPS) is 15.0. The van der Waals surface area contributed by atoms with E-state index in [2.05, 4.69) is 5.32 Å². The van der Waals surface area contributed by atoms with Crippen LogP contribution >= 0.6 is 0 Å². The molecular formula is C33H39F3N2O6S. The van der Waals surface area contributed by atoms with E-state index >= 15 is 0 Å². The van der Waals surface area contributed by atoms with Crippen molar-refractivity contribution < 1.29 is 40.3 Å². The zero-order chi connectivity index (χ0) is 32.8. The number of carbonyl (C=O) groups excluding carboxylic acids is 2. The molecule has 8 nitrogen and oxygen atoms in total. The maximum atomic E-state index is 13.2. The molecule has 1 heterocycles. The molecule has 2 aromatic carbocycles. The van der Waals surface area contributed by atoms with Crippen LogP contribution < -0.4 is 5.32 Å². The fourth-order valence-electron chi connectivity index (χ4n) is 5.64. The first kappa shape index (κ1) is 34.1. The van der Waals surface area contributed by atoms with Crippen LogP contribution in [0.3, 0.4) is 0 Å². The number of halogens is 3. The molecule has 1 N–H and O–H groups in total. The summed E-state index contributed by atoms with van der Waals surface area (Å²) in [7, 11) is -1.90. The number of rotatable bonds is 12. The first-order valence-corrected chi connectivity index (χ1v) is 17.1. The van der Waals surface area contributed by atoms with Gasteiger partial charge < -0.3 is 19.4 Å². The van der Waals surface area contributed by atoms with Gasteiger partial charge in [-0.15, -0.1) is 0 Å². The molecule has 4 rings (SSSR count). The lowest BCUT2D eigenvalue weighted by molar-refractivity contribution is -0.143. The summed E-state index contributed by atoms with van der Waals surface area (Å²) in [5.41, 5.74) is 1.40. The number of ether oxygens (including phenoxy) is 1. The number of nitrogens with one attached hydrogen (secondary N) is 1. The highest BCUT2D eigenvalue weighted by Gasteiger charge is 2.32. The van der Waals surface area contributed by atoms with Gasteiger partial charge in [0.2, 0.25) is 0 Å². The lowest BCUT2D eigenvalue weighted by Gasteiger charge is -2.32. The third kappa shape index (κ3) is 9.35. The Morgan fingerprint density at radius 1 is 1.04 bits per heavy atom. The van der Waals surface area contributed by atoms with Crippen molar-refractivity contribution in [1.29, 1.82) is 0 Å². The fraction of sp³-hybridized carbons (Fsp3) is 0.455. The van der Waals surface area contributed by atoms with E-state index in [-0.39, 0.29) is 60.7 Å². The average Bonchev–Trinajstić information content (AvgIpc) is 3.40. The zero-order valence-electron chi connectivity index (χ0n) is 25.7. The van der Waals surface area contributed by atoms with Crippen molar-refractivity contribution in [2.24, 2.45) is 5.92 Å². The predicted molar refractivity (Wildman–Crippen MR) is 165 cm³/mol. The second-order valence-corrected chi connectivity index (χ2v) is 13.7. The maximum absolute atomic E-state index is 13.2. The van der Waals surface area contributed by atoms with Crippen LogP contribution in [0.25, 0.3) is 11.3 Å². The number of carbonyl (C=O) groups is 2. The van der Waals surface area contributed by atoms with E-state index in [0.29, 0.717) is 22.4 Å². The molecule has 1 atom stereocenters.